The third-order valence-corrected chi connectivity index (χ3v) is 4.35. The third-order valence-electron chi connectivity index (χ3n) is 3.01. The molecule has 25 heavy (non-hydrogen) atoms. The summed E-state index contributed by atoms with van der Waals surface area (Å²) >= 11 is 0. The number of hydrogen-bond acceptors (Lipinski definition) is 6. The lowest BCUT2D eigenvalue weighted by molar-refractivity contribution is -0.130. The van der Waals surface area contributed by atoms with E-state index in [0.717, 1.165) is 0 Å². The molecule has 0 aliphatic carbocycles. The van der Waals surface area contributed by atoms with Gasteiger partial charge < -0.3 is 10.1 Å². The first-order valence-corrected chi connectivity index (χ1v) is 9.45. The molecule has 0 radical (unpaired) electrons. The smallest absolute Gasteiger partial charge is 0.338 e. The van der Waals surface area contributed by atoms with Gasteiger partial charge in [-0.15, -0.1) is 0 Å². The van der Waals surface area contributed by atoms with Gasteiger partial charge in [0, 0.05) is 5.54 Å². The molecule has 0 aromatic heterocycles. The van der Waals surface area contributed by atoms with Gasteiger partial charge in [0.2, 0.25) is 0 Å². The fraction of sp³-hybridized carbons (Fsp3) is 0.471. The highest BCUT2D eigenvalue weighted by Gasteiger charge is 2.23. The van der Waals surface area contributed by atoms with E-state index in [0.29, 0.717) is 5.56 Å². The number of hydrogen-bond donors (Lipinski definition) is 1. The minimum Gasteiger partial charge on any atom is -0.449 e. The van der Waals surface area contributed by atoms with Gasteiger partial charge in [0.15, 0.2) is 15.9 Å². The molecule has 0 fully saturated rings. The van der Waals surface area contributed by atoms with E-state index in [-0.39, 0.29) is 11.3 Å². The Kier molecular flexibility index (Phi) is 6.70. The van der Waals surface area contributed by atoms with E-state index in [1.807, 2.05) is 20.8 Å². The Balaban J connectivity index is 2.71. The molecule has 0 heterocycles. The van der Waals surface area contributed by atoms with E-state index in [1.54, 1.807) is 6.07 Å². The van der Waals surface area contributed by atoms with Gasteiger partial charge in [-0.1, -0.05) is 12.1 Å². The summed E-state index contributed by atoms with van der Waals surface area (Å²) in [4.78, 5) is 24.0. The molecule has 0 aliphatic heterocycles. The average Bonchev–Trinajstić information content (AvgIpc) is 2.45. The number of amides is 1. The van der Waals surface area contributed by atoms with E-state index >= 15 is 0 Å². The summed E-state index contributed by atoms with van der Waals surface area (Å²) in [6.07, 6.45) is -0.956. The van der Waals surface area contributed by atoms with Crippen molar-refractivity contribution in [2.24, 2.45) is 0 Å². The van der Waals surface area contributed by atoms with E-state index in [2.05, 4.69) is 5.32 Å². The number of nitrogens with zero attached hydrogens (tertiary/aromatic N) is 1. The molecule has 1 aromatic rings. The van der Waals surface area contributed by atoms with Gasteiger partial charge in [0.25, 0.3) is 5.91 Å². The highest BCUT2D eigenvalue weighted by atomic mass is 32.2. The second-order valence-corrected chi connectivity index (χ2v) is 8.74. The molecule has 0 bridgehead atoms. The van der Waals surface area contributed by atoms with E-state index in [4.69, 9.17) is 10.00 Å². The first-order valence-electron chi connectivity index (χ1n) is 7.63. The number of ether oxygens (including phenoxy) is 1. The minimum absolute atomic E-state index is 0.205. The summed E-state index contributed by atoms with van der Waals surface area (Å²) in [6.45, 7) is 6.93. The number of benzene rings is 1. The van der Waals surface area contributed by atoms with Crippen molar-refractivity contribution in [3.05, 3.63) is 35.4 Å². The van der Waals surface area contributed by atoms with Crippen LogP contribution in [0.4, 0.5) is 0 Å². The average molecular weight is 366 g/mol. The van der Waals surface area contributed by atoms with Crippen molar-refractivity contribution in [1.82, 2.24) is 5.32 Å². The Labute approximate surface area is 147 Å². The maximum Gasteiger partial charge on any atom is 0.338 e. The van der Waals surface area contributed by atoms with Crippen LogP contribution >= 0.6 is 0 Å². The zero-order valence-corrected chi connectivity index (χ0v) is 15.5. The Morgan fingerprint density at radius 3 is 2.28 bits per heavy atom. The zero-order chi connectivity index (χ0) is 19.3. The molecule has 1 N–H and O–H groups in total. The van der Waals surface area contributed by atoms with Crippen LogP contribution in [0.25, 0.3) is 0 Å². The summed E-state index contributed by atoms with van der Waals surface area (Å²) in [7, 11) is -3.50. The molecule has 8 heteroatoms. The topological polar surface area (TPSA) is 113 Å². The Hall–Kier alpha value is -2.40. The number of carbonyl (C=O) groups excluding carboxylic acids is 2. The van der Waals surface area contributed by atoms with Crippen LogP contribution < -0.4 is 5.32 Å². The van der Waals surface area contributed by atoms with Crippen molar-refractivity contribution in [2.75, 3.05) is 5.75 Å². The lowest BCUT2D eigenvalue weighted by atomic mass is 10.1. The monoisotopic (exact) mass is 366 g/mol. The fourth-order valence-corrected chi connectivity index (χ4v) is 2.89. The molecule has 0 spiro atoms. The van der Waals surface area contributed by atoms with Crippen molar-refractivity contribution < 1.29 is 22.7 Å². The molecule has 1 aromatic carbocycles. The zero-order valence-electron chi connectivity index (χ0n) is 14.7. The molecule has 0 saturated heterocycles. The van der Waals surface area contributed by atoms with Gasteiger partial charge in [-0.25, -0.2) is 13.2 Å². The van der Waals surface area contributed by atoms with Crippen LogP contribution in [0.15, 0.2) is 24.3 Å². The van der Waals surface area contributed by atoms with Gasteiger partial charge in [-0.3, -0.25) is 4.79 Å². The van der Waals surface area contributed by atoms with Gasteiger partial charge in [0.1, 0.15) is 5.75 Å². The van der Waals surface area contributed by atoms with Crippen LogP contribution in [0, 0.1) is 11.3 Å². The quantitative estimate of drug-likeness (QED) is 0.765. The Morgan fingerprint density at radius 1 is 1.24 bits per heavy atom. The van der Waals surface area contributed by atoms with Crippen LogP contribution in [-0.4, -0.2) is 37.7 Å². The van der Waals surface area contributed by atoms with Crippen molar-refractivity contribution in [3.8, 4) is 6.07 Å². The van der Waals surface area contributed by atoms with Crippen LogP contribution in [0.3, 0.4) is 0 Å². The summed E-state index contributed by atoms with van der Waals surface area (Å²) < 4.78 is 28.3. The lowest BCUT2D eigenvalue weighted by Gasteiger charge is -2.23. The largest absolute Gasteiger partial charge is 0.449 e. The summed E-state index contributed by atoms with van der Waals surface area (Å²) in [6, 6.07) is 7.41. The second kappa shape index (κ2) is 8.12. The fourth-order valence-electron chi connectivity index (χ4n) is 1.89. The Bertz CT molecular complexity index is 771. The normalized spacial score (nSPS) is 12.8. The third kappa shape index (κ3) is 7.35. The number of nitriles is 1. The molecule has 1 rings (SSSR count). The molecule has 1 atom stereocenters. The van der Waals surface area contributed by atoms with Crippen LogP contribution in [0.2, 0.25) is 0 Å². The van der Waals surface area contributed by atoms with Crippen LogP contribution in [-0.2, 0) is 25.1 Å². The predicted octanol–water partition coefficient (Wildman–Crippen LogP) is 1.58. The molecule has 136 valence electrons. The lowest BCUT2D eigenvalue weighted by Crippen LogP contribution is -2.46. The number of carbonyl (C=O) groups is 2. The predicted molar refractivity (Wildman–Crippen MR) is 92.3 cm³/mol. The standard InChI is InChI=1S/C17H22N2O5S/c1-12(15(20)19-17(2,3)4)24-16(21)14-7-5-13(6-8-14)11-25(22,23)10-9-18/h5-8,12H,10-11H2,1-4H3,(H,19,20)/t12-/m1/s1. The van der Waals surface area contributed by atoms with Crippen molar-refractivity contribution in [2.45, 2.75) is 45.1 Å². The van der Waals surface area contributed by atoms with Gasteiger partial charge in [0.05, 0.1) is 17.4 Å². The summed E-state index contributed by atoms with van der Waals surface area (Å²) in [5.41, 5.74) is 0.232. The number of rotatable bonds is 6. The molecule has 0 aliphatic rings. The summed E-state index contributed by atoms with van der Waals surface area (Å²) in [5.74, 6) is -1.92. The molecule has 7 nitrogen and oxygen atoms in total. The van der Waals surface area contributed by atoms with E-state index < -0.39 is 39.1 Å². The first kappa shape index (κ1) is 20.6. The van der Waals surface area contributed by atoms with Crippen molar-refractivity contribution in [3.63, 3.8) is 0 Å². The molecular formula is C17H22N2O5S. The maximum atomic E-state index is 12.1. The molecule has 0 saturated carbocycles. The molecule has 1 amide bonds. The highest BCUT2D eigenvalue weighted by Crippen LogP contribution is 2.11. The summed E-state index contributed by atoms with van der Waals surface area (Å²) in [5, 5.41) is 11.2. The van der Waals surface area contributed by atoms with Gasteiger partial charge >= 0.3 is 5.97 Å². The van der Waals surface area contributed by atoms with Gasteiger partial charge in [-0.05, 0) is 45.4 Å². The number of esters is 1. The highest BCUT2D eigenvalue weighted by molar-refractivity contribution is 7.90. The van der Waals surface area contributed by atoms with Gasteiger partial charge in [-0.2, -0.15) is 5.26 Å². The maximum absolute atomic E-state index is 12.1. The molecular weight excluding hydrogens is 344 g/mol. The first-order chi connectivity index (χ1) is 11.4. The number of sulfone groups is 1. The van der Waals surface area contributed by atoms with E-state index in [1.165, 1.54) is 31.2 Å². The molecule has 0 unspecified atom stereocenters. The van der Waals surface area contributed by atoms with Crippen molar-refractivity contribution in [1.29, 1.82) is 5.26 Å². The van der Waals surface area contributed by atoms with E-state index in [9.17, 15) is 18.0 Å². The van der Waals surface area contributed by atoms with Crippen LogP contribution in [0.5, 0.6) is 0 Å². The SMILES string of the molecule is C[C@@H](OC(=O)c1ccc(CS(=O)(=O)CC#N)cc1)C(=O)NC(C)(C)C. The van der Waals surface area contributed by atoms with Crippen molar-refractivity contribution >= 4 is 21.7 Å². The number of nitrogens with one attached hydrogen (secondary N) is 1. The Morgan fingerprint density at radius 2 is 1.80 bits per heavy atom. The second-order valence-electron chi connectivity index (χ2n) is 6.67. The minimum atomic E-state index is -3.50. The van der Waals surface area contributed by atoms with Crippen LogP contribution in [0.1, 0.15) is 43.6 Å².